The lowest BCUT2D eigenvalue weighted by Gasteiger charge is -2.03. The fraction of sp³-hybridized carbons (Fsp3) is 0.143. The summed E-state index contributed by atoms with van der Waals surface area (Å²) in [5.74, 6) is -1.63. The topological polar surface area (TPSA) is 66.4 Å². The number of thiophene rings is 1. The molecular weight excluding hydrogens is 313 g/mol. The Bertz CT molecular complexity index is 685. The first-order valence-corrected chi connectivity index (χ1v) is 7.78. The number of carbonyl (C=O) groups is 2. The molecule has 1 amide bonds. The van der Waals surface area contributed by atoms with Crippen molar-refractivity contribution in [2.75, 3.05) is 11.1 Å². The van der Waals surface area contributed by atoms with E-state index in [1.807, 2.05) is 0 Å². The highest BCUT2D eigenvalue weighted by atomic mass is 32.2. The van der Waals surface area contributed by atoms with Gasteiger partial charge in [-0.1, -0.05) is 12.1 Å². The Kier molecular flexibility index (Phi) is 4.98. The first-order valence-electron chi connectivity index (χ1n) is 5.98. The van der Waals surface area contributed by atoms with Crippen molar-refractivity contribution in [2.24, 2.45) is 0 Å². The molecule has 0 aliphatic carbocycles. The molecule has 1 aromatic heterocycles. The van der Waals surface area contributed by atoms with Gasteiger partial charge in [0, 0.05) is 4.90 Å². The van der Waals surface area contributed by atoms with Gasteiger partial charge < -0.3 is 10.4 Å². The van der Waals surface area contributed by atoms with E-state index in [0.29, 0.717) is 15.5 Å². The highest BCUT2D eigenvalue weighted by Gasteiger charge is 2.14. The van der Waals surface area contributed by atoms with E-state index < -0.39 is 5.97 Å². The summed E-state index contributed by atoms with van der Waals surface area (Å²) in [5, 5.41) is 12.0. The fourth-order valence-electron chi connectivity index (χ4n) is 1.63. The second-order valence-electron chi connectivity index (χ2n) is 4.20. The third-order valence-corrected chi connectivity index (χ3v) is 4.76. The average Bonchev–Trinajstić information content (AvgIpc) is 2.79. The molecule has 0 aliphatic heterocycles. The van der Waals surface area contributed by atoms with Crippen LogP contribution in [-0.4, -0.2) is 22.7 Å². The van der Waals surface area contributed by atoms with Crippen LogP contribution in [0.5, 0.6) is 0 Å². The van der Waals surface area contributed by atoms with Crippen LogP contribution in [0.1, 0.15) is 15.2 Å². The molecule has 0 atom stereocenters. The maximum absolute atomic E-state index is 13.4. The molecule has 0 bridgehead atoms. The van der Waals surface area contributed by atoms with Crippen LogP contribution in [0.4, 0.5) is 9.39 Å². The molecule has 1 heterocycles. The summed E-state index contributed by atoms with van der Waals surface area (Å²) in [6.45, 7) is 1.67. The van der Waals surface area contributed by atoms with E-state index in [1.54, 1.807) is 31.2 Å². The number of halogens is 1. The Morgan fingerprint density at radius 2 is 2.10 bits per heavy atom. The van der Waals surface area contributed by atoms with Crippen molar-refractivity contribution in [1.29, 1.82) is 0 Å². The van der Waals surface area contributed by atoms with Gasteiger partial charge >= 0.3 is 5.97 Å². The quantitative estimate of drug-likeness (QED) is 0.824. The van der Waals surface area contributed by atoms with Gasteiger partial charge in [-0.05, 0) is 30.7 Å². The van der Waals surface area contributed by atoms with E-state index >= 15 is 0 Å². The minimum absolute atomic E-state index is 0.0558. The van der Waals surface area contributed by atoms with Gasteiger partial charge in [-0.2, -0.15) is 0 Å². The molecule has 7 heteroatoms. The van der Waals surface area contributed by atoms with Gasteiger partial charge in [0.1, 0.15) is 10.7 Å². The molecule has 0 saturated carbocycles. The third kappa shape index (κ3) is 4.05. The Balaban J connectivity index is 1.95. The first kappa shape index (κ1) is 15.5. The van der Waals surface area contributed by atoms with Gasteiger partial charge in [-0.25, -0.2) is 9.18 Å². The predicted octanol–water partition coefficient (Wildman–Crippen LogP) is 3.62. The van der Waals surface area contributed by atoms with Gasteiger partial charge in [0.15, 0.2) is 0 Å². The van der Waals surface area contributed by atoms with Crippen molar-refractivity contribution in [2.45, 2.75) is 11.8 Å². The molecule has 2 N–H and O–H groups in total. The maximum Gasteiger partial charge on any atom is 0.346 e. The predicted molar refractivity (Wildman–Crippen MR) is 81.8 cm³/mol. The van der Waals surface area contributed by atoms with Gasteiger partial charge in [-0.15, -0.1) is 23.1 Å². The third-order valence-electron chi connectivity index (χ3n) is 2.57. The average molecular weight is 325 g/mol. The minimum atomic E-state index is -1.02. The van der Waals surface area contributed by atoms with E-state index in [1.165, 1.54) is 6.07 Å². The summed E-state index contributed by atoms with van der Waals surface area (Å²) in [6, 6.07) is 7.83. The van der Waals surface area contributed by atoms with Crippen molar-refractivity contribution < 1.29 is 19.1 Å². The van der Waals surface area contributed by atoms with E-state index in [4.69, 9.17) is 5.11 Å². The second-order valence-corrected chi connectivity index (χ2v) is 6.26. The fourth-order valence-corrected chi connectivity index (χ4v) is 3.30. The lowest BCUT2D eigenvalue weighted by molar-refractivity contribution is -0.113. The maximum atomic E-state index is 13.4. The number of nitrogens with one attached hydrogen (secondary N) is 1. The monoisotopic (exact) mass is 325 g/mol. The van der Waals surface area contributed by atoms with Gasteiger partial charge in [0.25, 0.3) is 0 Å². The lowest BCUT2D eigenvalue weighted by Crippen LogP contribution is -2.13. The van der Waals surface area contributed by atoms with Crippen molar-refractivity contribution >= 4 is 40.0 Å². The van der Waals surface area contributed by atoms with E-state index in [0.717, 1.165) is 23.1 Å². The number of hydrogen-bond acceptors (Lipinski definition) is 4. The van der Waals surface area contributed by atoms with Crippen LogP contribution in [0, 0.1) is 12.7 Å². The molecule has 110 valence electrons. The number of aryl methyl sites for hydroxylation is 1. The van der Waals surface area contributed by atoms with Crippen LogP contribution >= 0.6 is 23.1 Å². The zero-order valence-corrected chi connectivity index (χ0v) is 12.7. The number of carbonyl (C=O) groups excluding carboxylic acids is 1. The Morgan fingerprint density at radius 3 is 2.71 bits per heavy atom. The summed E-state index contributed by atoms with van der Waals surface area (Å²) >= 11 is 2.10. The van der Waals surface area contributed by atoms with Crippen LogP contribution in [0.2, 0.25) is 0 Å². The number of benzene rings is 1. The SMILES string of the molecule is Cc1cc(NC(=O)CSc2ccccc2F)sc1C(=O)O. The highest BCUT2D eigenvalue weighted by molar-refractivity contribution is 8.00. The van der Waals surface area contributed by atoms with Crippen molar-refractivity contribution in [3.8, 4) is 0 Å². The summed E-state index contributed by atoms with van der Waals surface area (Å²) in [4.78, 5) is 23.3. The molecule has 0 unspecified atom stereocenters. The molecule has 1 aromatic carbocycles. The van der Waals surface area contributed by atoms with Crippen LogP contribution in [0.25, 0.3) is 0 Å². The lowest BCUT2D eigenvalue weighted by atomic mass is 10.3. The molecule has 0 spiro atoms. The Morgan fingerprint density at radius 1 is 1.38 bits per heavy atom. The Hall–Kier alpha value is -1.86. The summed E-state index contributed by atoms with van der Waals surface area (Å²) in [6.07, 6.45) is 0. The summed E-state index contributed by atoms with van der Waals surface area (Å²) in [5.41, 5.74) is 0.601. The first-order chi connectivity index (χ1) is 9.97. The zero-order valence-electron chi connectivity index (χ0n) is 11.1. The van der Waals surface area contributed by atoms with E-state index in [9.17, 15) is 14.0 Å². The minimum Gasteiger partial charge on any atom is -0.477 e. The number of amides is 1. The van der Waals surface area contributed by atoms with Crippen molar-refractivity contribution in [3.63, 3.8) is 0 Å². The second kappa shape index (κ2) is 6.73. The van der Waals surface area contributed by atoms with Crippen molar-refractivity contribution in [3.05, 3.63) is 46.6 Å². The van der Waals surface area contributed by atoms with Gasteiger partial charge in [0.05, 0.1) is 10.8 Å². The Labute approximate surface area is 129 Å². The van der Waals surface area contributed by atoms with Gasteiger partial charge in [0.2, 0.25) is 5.91 Å². The molecule has 21 heavy (non-hydrogen) atoms. The number of carboxylic acid groups (broad SMARTS) is 1. The highest BCUT2D eigenvalue weighted by Crippen LogP contribution is 2.27. The number of thioether (sulfide) groups is 1. The van der Waals surface area contributed by atoms with Crippen LogP contribution in [0.15, 0.2) is 35.2 Å². The van der Waals surface area contributed by atoms with E-state index in [-0.39, 0.29) is 22.4 Å². The van der Waals surface area contributed by atoms with Crippen LogP contribution < -0.4 is 5.32 Å². The van der Waals surface area contributed by atoms with Crippen LogP contribution in [-0.2, 0) is 4.79 Å². The molecule has 2 aromatic rings. The smallest absolute Gasteiger partial charge is 0.346 e. The van der Waals surface area contributed by atoms with Crippen LogP contribution in [0.3, 0.4) is 0 Å². The standard InChI is InChI=1S/C14H12FNO3S2/c1-8-6-12(21-13(8)14(18)19)16-11(17)7-20-10-5-3-2-4-9(10)15/h2-6H,7H2,1H3,(H,16,17)(H,18,19). The number of aromatic carboxylic acids is 1. The number of hydrogen-bond donors (Lipinski definition) is 2. The molecular formula is C14H12FNO3S2. The normalized spacial score (nSPS) is 10.4. The summed E-state index contributed by atoms with van der Waals surface area (Å²) in [7, 11) is 0. The number of anilines is 1. The molecule has 4 nitrogen and oxygen atoms in total. The number of carboxylic acids is 1. The number of rotatable bonds is 5. The summed E-state index contributed by atoms with van der Waals surface area (Å²) < 4.78 is 13.4. The van der Waals surface area contributed by atoms with Gasteiger partial charge in [-0.3, -0.25) is 4.79 Å². The largest absolute Gasteiger partial charge is 0.477 e. The van der Waals surface area contributed by atoms with E-state index in [2.05, 4.69) is 5.32 Å². The molecule has 0 aliphatic rings. The molecule has 0 radical (unpaired) electrons. The molecule has 0 fully saturated rings. The zero-order chi connectivity index (χ0) is 15.4. The molecule has 2 rings (SSSR count). The molecule has 0 saturated heterocycles. The van der Waals surface area contributed by atoms with Crippen molar-refractivity contribution in [1.82, 2.24) is 0 Å².